The Kier molecular flexibility index (Phi) is 5.25. The lowest BCUT2D eigenvalue weighted by Crippen LogP contribution is -2.30. The standard InChI is InChI=1S/C17H13F2N5O4/c18-10-2-1-3-11(19)15(10)17(26)21-5-4-20-13-7-12-9(6-14(13)24(27)28)16(25)23-8-22-12/h1-3,6-8,20H,4-5H2,(H,21,26)(H,22,23,25). The first-order chi connectivity index (χ1) is 13.4. The number of aromatic nitrogens is 2. The van der Waals surface area contributed by atoms with Gasteiger partial charge in [-0.25, -0.2) is 13.8 Å². The van der Waals surface area contributed by atoms with Crippen molar-refractivity contribution in [2.45, 2.75) is 0 Å². The highest BCUT2D eigenvalue weighted by molar-refractivity contribution is 5.94. The molecule has 0 fully saturated rings. The lowest BCUT2D eigenvalue weighted by atomic mass is 10.2. The number of benzene rings is 2. The molecule has 1 heterocycles. The molecule has 3 N–H and O–H groups in total. The minimum atomic E-state index is -0.994. The number of halogens is 2. The summed E-state index contributed by atoms with van der Waals surface area (Å²) in [5.41, 5.74) is -1.24. The highest BCUT2D eigenvalue weighted by Crippen LogP contribution is 2.27. The van der Waals surface area contributed by atoms with Crippen molar-refractivity contribution < 1.29 is 18.5 Å². The zero-order valence-electron chi connectivity index (χ0n) is 14.2. The van der Waals surface area contributed by atoms with Gasteiger partial charge in [-0.2, -0.15) is 0 Å². The number of amides is 1. The van der Waals surface area contributed by atoms with Gasteiger partial charge in [-0.05, 0) is 18.2 Å². The van der Waals surface area contributed by atoms with Crippen LogP contribution < -0.4 is 16.2 Å². The lowest BCUT2D eigenvalue weighted by molar-refractivity contribution is -0.383. The first-order valence-corrected chi connectivity index (χ1v) is 8.00. The number of hydrogen-bond donors (Lipinski definition) is 3. The SMILES string of the molecule is O=C(NCCNc1cc2nc[nH]c(=O)c2cc1[N+](=O)[O-])c1c(F)cccc1F. The first kappa shape index (κ1) is 18.9. The average Bonchev–Trinajstić information content (AvgIpc) is 2.64. The molecule has 9 nitrogen and oxygen atoms in total. The summed E-state index contributed by atoms with van der Waals surface area (Å²) in [7, 11) is 0. The number of hydrogen-bond acceptors (Lipinski definition) is 6. The van der Waals surface area contributed by atoms with Gasteiger partial charge in [0.25, 0.3) is 17.2 Å². The van der Waals surface area contributed by atoms with E-state index in [1.54, 1.807) is 0 Å². The van der Waals surface area contributed by atoms with Crippen molar-refractivity contribution >= 4 is 28.2 Å². The zero-order chi connectivity index (χ0) is 20.3. The monoisotopic (exact) mass is 389 g/mol. The molecule has 1 amide bonds. The van der Waals surface area contributed by atoms with Crippen LogP contribution in [0.3, 0.4) is 0 Å². The molecule has 0 unspecified atom stereocenters. The molecule has 2 aromatic carbocycles. The minimum absolute atomic E-state index is 0.0251. The Bertz CT molecular complexity index is 1110. The fraction of sp³-hybridized carbons (Fsp3) is 0.118. The van der Waals surface area contributed by atoms with E-state index >= 15 is 0 Å². The smallest absolute Gasteiger partial charge is 0.293 e. The summed E-state index contributed by atoms with van der Waals surface area (Å²) < 4.78 is 27.1. The highest BCUT2D eigenvalue weighted by atomic mass is 19.1. The van der Waals surface area contributed by atoms with E-state index in [-0.39, 0.29) is 35.4 Å². The summed E-state index contributed by atoms with van der Waals surface area (Å²) in [6.07, 6.45) is 1.17. The summed E-state index contributed by atoms with van der Waals surface area (Å²) in [6, 6.07) is 5.49. The van der Waals surface area contributed by atoms with Crippen molar-refractivity contribution in [3.8, 4) is 0 Å². The van der Waals surface area contributed by atoms with E-state index in [9.17, 15) is 28.5 Å². The van der Waals surface area contributed by atoms with E-state index < -0.39 is 33.6 Å². The number of nitrogens with zero attached hydrogens (tertiary/aromatic N) is 2. The van der Waals surface area contributed by atoms with Crippen LogP contribution in [0.25, 0.3) is 10.9 Å². The average molecular weight is 389 g/mol. The molecule has 11 heteroatoms. The second kappa shape index (κ2) is 7.78. The van der Waals surface area contributed by atoms with E-state index in [1.165, 1.54) is 12.4 Å². The fourth-order valence-corrected chi connectivity index (χ4v) is 2.57. The van der Waals surface area contributed by atoms with Gasteiger partial charge in [-0.1, -0.05) is 6.07 Å². The molecule has 28 heavy (non-hydrogen) atoms. The number of nitrogens with one attached hydrogen (secondary N) is 3. The number of carbonyl (C=O) groups is 1. The Morgan fingerprint density at radius 2 is 1.93 bits per heavy atom. The second-order valence-corrected chi connectivity index (χ2v) is 5.65. The first-order valence-electron chi connectivity index (χ1n) is 8.00. The van der Waals surface area contributed by atoms with Gasteiger partial charge in [0.1, 0.15) is 22.9 Å². The Morgan fingerprint density at radius 1 is 1.21 bits per heavy atom. The predicted octanol–water partition coefficient (Wildman–Crippen LogP) is 1.95. The molecule has 0 aliphatic carbocycles. The molecular weight excluding hydrogens is 376 g/mol. The number of rotatable bonds is 6. The van der Waals surface area contributed by atoms with Gasteiger partial charge in [0, 0.05) is 19.2 Å². The van der Waals surface area contributed by atoms with Crippen LogP contribution in [0.1, 0.15) is 10.4 Å². The Morgan fingerprint density at radius 3 is 2.61 bits per heavy atom. The fourth-order valence-electron chi connectivity index (χ4n) is 2.57. The molecule has 3 rings (SSSR count). The van der Waals surface area contributed by atoms with E-state index in [0.29, 0.717) is 0 Å². The molecule has 0 atom stereocenters. The van der Waals surface area contributed by atoms with Crippen LogP contribution in [0.5, 0.6) is 0 Å². The number of H-pyrrole nitrogens is 1. The Hall–Kier alpha value is -3.89. The molecule has 0 saturated carbocycles. The number of anilines is 1. The third kappa shape index (κ3) is 3.77. The normalized spacial score (nSPS) is 10.6. The minimum Gasteiger partial charge on any atom is -0.378 e. The molecule has 0 aliphatic rings. The summed E-state index contributed by atoms with van der Waals surface area (Å²) in [5, 5.41) is 16.4. The topological polar surface area (TPSA) is 130 Å². The van der Waals surface area contributed by atoms with Crippen LogP contribution in [0.4, 0.5) is 20.2 Å². The van der Waals surface area contributed by atoms with Gasteiger partial charge in [-0.3, -0.25) is 19.7 Å². The van der Waals surface area contributed by atoms with E-state index in [1.807, 2.05) is 0 Å². The molecule has 1 aromatic heterocycles. The van der Waals surface area contributed by atoms with Gasteiger partial charge >= 0.3 is 0 Å². The van der Waals surface area contributed by atoms with Crippen molar-refractivity contribution in [1.29, 1.82) is 0 Å². The summed E-state index contributed by atoms with van der Waals surface area (Å²) >= 11 is 0. The number of aromatic amines is 1. The van der Waals surface area contributed by atoms with E-state index in [2.05, 4.69) is 20.6 Å². The van der Waals surface area contributed by atoms with Crippen LogP contribution in [0.2, 0.25) is 0 Å². The molecule has 3 aromatic rings. The van der Waals surface area contributed by atoms with Crippen molar-refractivity contribution in [3.05, 3.63) is 74.3 Å². The number of nitro groups is 1. The summed E-state index contributed by atoms with van der Waals surface area (Å²) in [6.45, 7) is -0.0397. The molecular formula is C17H13F2N5O4. The van der Waals surface area contributed by atoms with Crippen molar-refractivity contribution in [2.24, 2.45) is 0 Å². The molecule has 0 radical (unpaired) electrons. The third-order valence-corrected chi connectivity index (χ3v) is 3.87. The second-order valence-electron chi connectivity index (χ2n) is 5.65. The zero-order valence-corrected chi connectivity index (χ0v) is 14.2. The Balaban J connectivity index is 1.72. The summed E-state index contributed by atoms with van der Waals surface area (Å²) in [4.78, 5) is 40.5. The third-order valence-electron chi connectivity index (χ3n) is 3.87. The molecule has 0 saturated heterocycles. The van der Waals surface area contributed by atoms with Gasteiger partial charge in [-0.15, -0.1) is 0 Å². The van der Waals surface area contributed by atoms with E-state index in [4.69, 9.17) is 0 Å². The molecule has 144 valence electrons. The van der Waals surface area contributed by atoms with Crippen LogP contribution in [-0.4, -0.2) is 33.9 Å². The van der Waals surface area contributed by atoms with Crippen molar-refractivity contribution in [2.75, 3.05) is 18.4 Å². The van der Waals surface area contributed by atoms with Crippen molar-refractivity contribution in [1.82, 2.24) is 15.3 Å². The maximum absolute atomic E-state index is 13.6. The van der Waals surface area contributed by atoms with Gasteiger partial charge in [0.05, 0.1) is 22.2 Å². The largest absolute Gasteiger partial charge is 0.378 e. The lowest BCUT2D eigenvalue weighted by Gasteiger charge is -2.10. The van der Waals surface area contributed by atoms with Crippen LogP contribution in [0.15, 0.2) is 41.5 Å². The molecule has 0 aliphatic heterocycles. The van der Waals surface area contributed by atoms with Gasteiger partial charge in [0.15, 0.2) is 0 Å². The molecule has 0 spiro atoms. The number of fused-ring (bicyclic) bond motifs is 1. The quantitative estimate of drug-likeness (QED) is 0.336. The van der Waals surface area contributed by atoms with Crippen LogP contribution in [-0.2, 0) is 0 Å². The van der Waals surface area contributed by atoms with Gasteiger partial charge < -0.3 is 15.6 Å². The maximum Gasteiger partial charge on any atom is 0.293 e. The maximum atomic E-state index is 13.6. The van der Waals surface area contributed by atoms with Crippen molar-refractivity contribution in [3.63, 3.8) is 0 Å². The van der Waals surface area contributed by atoms with Crippen LogP contribution >= 0.6 is 0 Å². The van der Waals surface area contributed by atoms with E-state index in [0.717, 1.165) is 24.3 Å². The highest BCUT2D eigenvalue weighted by Gasteiger charge is 2.18. The molecule has 0 bridgehead atoms. The number of nitro benzene ring substituents is 1. The van der Waals surface area contributed by atoms with Crippen LogP contribution in [0, 0.1) is 21.7 Å². The predicted molar refractivity (Wildman–Crippen MR) is 96.2 cm³/mol. The van der Waals surface area contributed by atoms with Gasteiger partial charge in [0.2, 0.25) is 0 Å². The number of carbonyl (C=O) groups excluding carboxylic acids is 1. The Labute approximate surface area is 155 Å². The summed E-state index contributed by atoms with van der Waals surface area (Å²) in [5.74, 6) is -2.93.